The third-order valence-electron chi connectivity index (χ3n) is 3.16. The zero-order valence-corrected chi connectivity index (χ0v) is 12.7. The number of nitrogens with one attached hydrogen (secondary N) is 2. The lowest BCUT2D eigenvalue weighted by molar-refractivity contribution is 0.247. The molecule has 0 unspecified atom stereocenters. The minimum atomic E-state index is -0.0211. The minimum absolute atomic E-state index is 0.0211. The highest BCUT2D eigenvalue weighted by molar-refractivity contribution is 5.98. The first kappa shape index (κ1) is 16.4. The van der Waals surface area contributed by atoms with Crippen LogP contribution in [0.5, 0.6) is 11.5 Å². The van der Waals surface area contributed by atoms with Crippen LogP contribution in [0.15, 0.2) is 48.5 Å². The molecule has 0 amide bonds. The van der Waals surface area contributed by atoms with Gasteiger partial charge in [-0.2, -0.15) is 0 Å². The van der Waals surface area contributed by atoms with Crippen molar-refractivity contribution in [3.63, 3.8) is 0 Å². The first-order chi connectivity index (χ1) is 11.1. The van der Waals surface area contributed by atoms with Gasteiger partial charge in [-0.25, -0.2) is 0 Å². The molecule has 2 aromatic carbocycles. The lowest BCUT2D eigenvalue weighted by Gasteiger charge is -2.12. The lowest BCUT2D eigenvalue weighted by atomic mass is 10.2. The second kappa shape index (κ2) is 7.84. The molecule has 2 rings (SSSR count). The second-order valence-corrected chi connectivity index (χ2v) is 4.87. The molecule has 120 valence electrons. The van der Waals surface area contributed by atoms with Crippen LogP contribution in [0.1, 0.15) is 17.5 Å². The Morgan fingerprint density at radius 2 is 1.13 bits per heavy atom. The number of ether oxygens (including phenoxy) is 2. The van der Waals surface area contributed by atoms with Crippen molar-refractivity contribution in [3.05, 3.63) is 59.7 Å². The minimum Gasteiger partial charge on any atom is -0.493 e. The molecule has 6 nitrogen and oxygen atoms in total. The molecule has 0 radical (unpaired) electrons. The van der Waals surface area contributed by atoms with E-state index in [1.54, 1.807) is 24.3 Å². The Balaban J connectivity index is 1.83. The molecule has 0 bridgehead atoms. The molecule has 23 heavy (non-hydrogen) atoms. The fourth-order valence-corrected chi connectivity index (χ4v) is 2.05. The molecule has 6 N–H and O–H groups in total. The van der Waals surface area contributed by atoms with E-state index in [0.29, 0.717) is 42.3 Å². The quantitative estimate of drug-likeness (QED) is 0.339. The topological polar surface area (TPSA) is 118 Å². The molecular weight excluding hydrogens is 292 g/mol. The fourth-order valence-electron chi connectivity index (χ4n) is 2.05. The maximum atomic E-state index is 7.51. The first-order valence-corrected chi connectivity index (χ1v) is 7.22. The van der Waals surface area contributed by atoms with Gasteiger partial charge in [-0.1, -0.05) is 24.3 Å². The SMILES string of the molecule is N=C(N)c1ccccc1OCCCOc1ccccc1C(=N)N. The summed E-state index contributed by atoms with van der Waals surface area (Å²) >= 11 is 0. The van der Waals surface area contributed by atoms with Crippen LogP contribution in [-0.2, 0) is 0 Å². The van der Waals surface area contributed by atoms with E-state index in [1.165, 1.54) is 0 Å². The molecule has 0 heterocycles. The fraction of sp³-hybridized carbons (Fsp3) is 0.176. The molecule has 0 fully saturated rings. The van der Waals surface area contributed by atoms with Crippen molar-refractivity contribution < 1.29 is 9.47 Å². The van der Waals surface area contributed by atoms with Gasteiger partial charge in [0.1, 0.15) is 23.2 Å². The summed E-state index contributed by atoms with van der Waals surface area (Å²) in [5.41, 5.74) is 12.2. The average molecular weight is 312 g/mol. The van der Waals surface area contributed by atoms with Gasteiger partial charge in [0.2, 0.25) is 0 Å². The normalized spacial score (nSPS) is 10.1. The zero-order valence-electron chi connectivity index (χ0n) is 12.7. The summed E-state index contributed by atoms with van der Waals surface area (Å²) in [6, 6.07) is 14.3. The Morgan fingerprint density at radius 1 is 0.739 bits per heavy atom. The van der Waals surface area contributed by atoms with Crippen molar-refractivity contribution in [3.8, 4) is 11.5 Å². The van der Waals surface area contributed by atoms with E-state index in [0.717, 1.165) is 0 Å². The zero-order chi connectivity index (χ0) is 16.7. The van der Waals surface area contributed by atoms with Gasteiger partial charge in [-0.15, -0.1) is 0 Å². The van der Waals surface area contributed by atoms with E-state index >= 15 is 0 Å². The monoisotopic (exact) mass is 312 g/mol. The molecule has 0 atom stereocenters. The molecule has 0 aliphatic heterocycles. The summed E-state index contributed by atoms with van der Waals surface area (Å²) in [5.74, 6) is 1.13. The molecule has 0 spiro atoms. The number of nitrogen functional groups attached to an aromatic ring is 2. The van der Waals surface area contributed by atoms with Crippen LogP contribution < -0.4 is 20.9 Å². The summed E-state index contributed by atoms with van der Waals surface area (Å²) in [6.07, 6.45) is 0.651. The average Bonchev–Trinajstić information content (AvgIpc) is 2.55. The number of hydrogen-bond acceptors (Lipinski definition) is 4. The number of nitrogens with two attached hydrogens (primary N) is 2. The molecule has 0 saturated carbocycles. The first-order valence-electron chi connectivity index (χ1n) is 7.22. The predicted octanol–water partition coefficient (Wildman–Crippen LogP) is 2.10. The highest BCUT2D eigenvalue weighted by Crippen LogP contribution is 2.19. The molecule has 6 heteroatoms. The summed E-state index contributed by atoms with van der Waals surface area (Å²) in [4.78, 5) is 0. The van der Waals surface area contributed by atoms with Gasteiger partial charge in [-0.3, -0.25) is 10.8 Å². The van der Waals surface area contributed by atoms with E-state index in [4.69, 9.17) is 31.8 Å². The predicted molar refractivity (Wildman–Crippen MR) is 90.5 cm³/mol. The molecular formula is C17H20N4O2. The van der Waals surface area contributed by atoms with Crippen LogP contribution >= 0.6 is 0 Å². The highest BCUT2D eigenvalue weighted by atomic mass is 16.5. The van der Waals surface area contributed by atoms with Crippen molar-refractivity contribution in [2.24, 2.45) is 11.5 Å². The number of hydrogen-bond donors (Lipinski definition) is 4. The van der Waals surface area contributed by atoms with Crippen molar-refractivity contribution in [1.29, 1.82) is 10.8 Å². The van der Waals surface area contributed by atoms with E-state index in [9.17, 15) is 0 Å². The van der Waals surface area contributed by atoms with Crippen molar-refractivity contribution in [2.45, 2.75) is 6.42 Å². The summed E-state index contributed by atoms with van der Waals surface area (Å²) in [5, 5.41) is 15.0. The Bertz CT molecular complexity index is 641. The van der Waals surface area contributed by atoms with E-state index in [2.05, 4.69) is 0 Å². The summed E-state index contributed by atoms with van der Waals surface area (Å²) in [6.45, 7) is 0.874. The van der Waals surface area contributed by atoms with Gasteiger partial charge in [-0.05, 0) is 24.3 Å². The van der Waals surface area contributed by atoms with Gasteiger partial charge >= 0.3 is 0 Å². The maximum Gasteiger partial charge on any atom is 0.130 e. The lowest BCUT2D eigenvalue weighted by Crippen LogP contribution is -2.15. The number of para-hydroxylation sites is 2. The van der Waals surface area contributed by atoms with E-state index in [1.807, 2.05) is 24.3 Å². The molecule has 2 aromatic rings. The van der Waals surface area contributed by atoms with Crippen LogP contribution in [0.2, 0.25) is 0 Å². The molecule has 0 aliphatic rings. The molecule has 0 aromatic heterocycles. The Kier molecular flexibility index (Phi) is 5.57. The van der Waals surface area contributed by atoms with Crippen LogP contribution in [0, 0.1) is 10.8 Å². The van der Waals surface area contributed by atoms with Gasteiger partial charge in [0, 0.05) is 6.42 Å². The van der Waals surface area contributed by atoms with Crippen molar-refractivity contribution in [2.75, 3.05) is 13.2 Å². The van der Waals surface area contributed by atoms with Crippen LogP contribution in [-0.4, -0.2) is 24.9 Å². The summed E-state index contributed by atoms with van der Waals surface area (Å²) < 4.78 is 11.3. The van der Waals surface area contributed by atoms with Crippen LogP contribution in [0.3, 0.4) is 0 Å². The van der Waals surface area contributed by atoms with Crippen LogP contribution in [0.25, 0.3) is 0 Å². The number of benzene rings is 2. The van der Waals surface area contributed by atoms with Gasteiger partial charge in [0.15, 0.2) is 0 Å². The third-order valence-corrected chi connectivity index (χ3v) is 3.16. The standard InChI is InChI=1S/C17H20N4O2/c18-16(19)12-6-1-3-8-14(12)22-10-5-11-23-15-9-4-2-7-13(15)17(20)21/h1-4,6-9H,5,10-11H2,(H3,18,19)(H3,20,21). The maximum absolute atomic E-state index is 7.51. The Hall–Kier alpha value is -3.02. The number of amidine groups is 2. The Morgan fingerprint density at radius 3 is 1.52 bits per heavy atom. The Labute approximate surface area is 135 Å². The van der Waals surface area contributed by atoms with Gasteiger partial charge in [0.05, 0.1) is 24.3 Å². The van der Waals surface area contributed by atoms with Crippen molar-refractivity contribution in [1.82, 2.24) is 0 Å². The van der Waals surface area contributed by atoms with E-state index < -0.39 is 0 Å². The van der Waals surface area contributed by atoms with Gasteiger partial charge < -0.3 is 20.9 Å². The third kappa shape index (κ3) is 4.47. The second-order valence-electron chi connectivity index (χ2n) is 4.87. The highest BCUT2D eigenvalue weighted by Gasteiger charge is 2.07. The number of rotatable bonds is 8. The van der Waals surface area contributed by atoms with Crippen molar-refractivity contribution >= 4 is 11.7 Å². The van der Waals surface area contributed by atoms with E-state index in [-0.39, 0.29) is 11.7 Å². The van der Waals surface area contributed by atoms with Gasteiger partial charge in [0.25, 0.3) is 0 Å². The molecule has 0 aliphatic carbocycles. The smallest absolute Gasteiger partial charge is 0.130 e. The summed E-state index contributed by atoms with van der Waals surface area (Å²) in [7, 11) is 0. The largest absolute Gasteiger partial charge is 0.493 e. The molecule has 0 saturated heterocycles. The van der Waals surface area contributed by atoms with Crippen LogP contribution in [0.4, 0.5) is 0 Å².